The van der Waals surface area contributed by atoms with Gasteiger partial charge in [-0.3, -0.25) is 19.8 Å². The molecule has 3 aromatic rings. The minimum atomic E-state index is -4.06. The number of para-hydroxylation sites is 1. The Hall–Kier alpha value is -3.14. The van der Waals surface area contributed by atoms with Crippen LogP contribution < -0.4 is 0 Å². The largest absolute Gasteiger partial charge is 0.298 e. The van der Waals surface area contributed by atoms with Crippen molar-refractivity contribution < 1.29 is 18.1 Å². The van der Waals surface area contributed by atoms with Gasteiger partial charge in [0.2, 0.25) is 0 Å². The molecule has 2 fully saturated rings. The zero-order valence-electron chi connectivity index (χ0n) is 19.5. The lowest BCUT2D eigenvalue weighted by Crippen LogP contribution is -2.60. The number of carbonyl (C=O) groups is 1. The fraction of sp³-hybridized carbons (Fsp3) is 0.346. The summed E-state index contributed by atoms with van der Waals surface area (Å²) in [5, 5.41) is 13.7. The van der Waals surface area contributed by atoms with Gasteiger partial charge in [-0.15, -0.1) is 0 Å². The number of nitro benzene ring substituents is 1. The molecule has 1 heterocycles. The summed E-state index contributed by atoms with van der Waals surface area (Å²) in [5.74, 6) is 0.0453. The highest BCUT2D eigenvalue weighted by Crippen LogP contribution is 2.48. The summed E-state index contributed by atoms with van der Waals surface area (Å²) in [6.07, 6.45) is 1.89. The van der Waals surface area contributed by atoms with Crippen molar-refractivity contribution in [2.24, 2.45) is 0 Å². The monoisotopic (exact) mass is 493 g/mol. The van der Waals surface area contributed by atoms with Crippen LogP contribution in [0.25, 0.3) is 10.8 Å². The number of benzene rings is 3. The molecule has 5 rings (SSSR count). The third-order valence-corrected chi connectivity index (χ3v) is 9.28. The van der Waals surface area contributed by atoms with E-state index in [1.807, 2.05) is 24.3 Å². The molecule has 0 radical (unpaired) electrons. The molecule has 2 aliphatic rings. The maximum Gasteiger partial charge on any atom is 0.289 e. The molecule has 3 aromatic carbocycles. The topological polar surface area (TPSA) is 101 Å². The number of carbonyl (C=O) groups excluding carboxylic acids is 1. The Kier molecular flexibility index (Phi) is 5.94. The molecule has 1 atom stereocenters. The number of piperazine rings is 1. The summed E-state index contributed by atoms with van der Waals surface area (Å²) >= 11 is 0. The van der Waals surface area contributed by atoms with E-state index in [1.165, 1.54) is 28.6 Å². The van der Waals surface area contributed by atoms with Gasteiger partial charge in [0.25, 0.3) is 15.7 Å². The number of fused-ring (bicyclic) bond motifs is 1. The molecule has 0 amide bonds. The van der Waals surface area contributed by atoms with E-state index in [4.69, 9.17) is 0 Å². The molecule has 35 heavy (non-hydrogen) atoms. The van der Waals surface area contributed by atoms with E-state index in [-0.39, 0.29) is 23.3 Å². The van der Waals surface area contributed by atoms with Gasteiger partial charge in [0.1, 0.15) is 5.78 Å². The number of nitrogens with zero attached hydrogens (tertiary/aromatic N) is 3. The first-order valence-electron chi connectivity index (χ1n) is 11.7. The van der Waals surface area contributed by atoms with Crippen LogP contribution in [-0.2, 0) is 21.2 Å². The molecule has 8 nitrogen and oxygen atoms in total. The van der Waals surface area contributed by atoms with Gasteiger partial charge in [-0.1, -0.05) is 54.6 Å². The van der Waals surface area contributed by atoms with E-state index < -0.39 is 26.2 Å². The van der Waals surface area contributed by atoms with E-state index in [2.05, 4.69) is 23.1 Å². The number of hydrogen-bond donors (Lipinski definition) is 0. The Bertz CT molecular complexity index is 1420. The van der Waals surface area contributed by atoms with Gasteiger partial charge in [0.15, 0.2) is 4.90 Å². The smallest absolute Gasteiger partial charge is 0.289 e. The zero-order chi connectivity index (χ0) is 24.8. The van der Waals surface area contributed by atoms with Crippen molar-refractivity contribution in [1.82, 2.24) is 9.21 Å². The third kappa shape index (κ3) is 4.35. The van der Waals surface area contributed by atoms with Crippen molar-refractivity contribution in [2.75, 3.05) is 19.6 Å². The molecular formula is C26H27N3O5S. The van der Waals surface area contributed by atoms with Crippen LogP contribution >= 0.6 is 0 Å². The first-order valence-corrected chi connectivity index (χ1v) is 13.1. The first kappa shape index (κ1) is 23.6. The Morgan fingerprint density at radius 1 is 1.03 bits per heavy atom. The van der Waals surface area contributed by atoms with E-state index in [0.29, 0.717) is 32.4 Å². The summed E-state index contributed by atoms with van der Waals surface area (Å²) in [5.41, 5.74) is 0.0186. The highest BCUT2D eigenvalue weighted by atomic mass is 32.2. The number of sulfonamides is 1. The number of Topliss-reactive ketones (excluding diaryl/α,β-unsaturated/α-hetero) is 1. The lowest BCUT2D eigenvalue weighted by atomic mass is 9.97. The number of hydrogen-bond acceptors (Lipinski definition) is 6. The van der Waals surface area contributed by atoms with Gasteiger partial charge in [-0.25, -0.2) is 8.42 Å². The van der Waals surface area contributed by atoms with Crippen LogP contribution in [0.1, 0.15) is 25.3 Å². The highest BCUT2D eigenvalue weighted by molar-refractivity contribution is 7.89. The number of ketones is 1. The molecule has 1 aliphatic heterocycles. The van der Waals surface area contributed by atoms with Gasteiger partial charge >= 0.3 is 0 Å². The fourth-order valence-corrected chi connectivity index (χ4v) is 7.22. The van der Waals surface area contributed by atoms with Crippen LogP contribution in [0.4, 0.5) is 5.69 Å². The van der Waals surface area contributed by atoms with Gasteiger partial charge in [0, 0.05) is 31.2 Å². The van der Waals surface area contributed by atoms with E-state index >= 15 is 0 Å². The van der Waals surface area contributed by atoms with Gasteiger partial charge < -0.3 is 0 Å². The lowest BCUT2D eigenvalue weighted by Gasteiger charge is -2.43. The Morgan fingerprint density at radius 3 is 2.40 bits per heavy atom. The van der Waals surface area contributed by atoms with Crippen LogP contribution in [0, 0.1) is 10.1 Å². The Balaban J connectivity index is 1.39. The first-order chi connectivity index (χ1) is 16.7. The van der Waals surface area contributed by atoms with Crippen molar-refractivity contribution in [2.45, 2.75) is 42.7 Å². The van der Waals surface area contributed by atoms with Crippen molar-refractivity contribution in [3.8, 4) is 0 Å². The lowest BCUT2D eigenvalue weighted by molar-refractivity contribution is -0.387. The van der Waals surface area contributed by atoms with E-state index in [9.17, 15) is 23.3 Å². The molecular weight excluding hydrogens is 466 g/mol. The van der Waals surface area contributed by atoms with Crippen LogP contribution in [-0.4, -0.2) is 59.5 Å². The van der Waals surface area contributed by atoms with Gasteiger partial charge in [-0.2, -0.15) is 4.31 Å². The van der Waals surface area contributed by atoms with Gasteiger partial charge in [-0.05, 0) is 48.6 Å². The number of rotatable bonds is 7. The van der Waals surface area contributed by atoms with Crippen LogP contribution in [0.2, 0.25) is 0 Å². The standard InChI is InChI=1S/C26H27N3O5S/c1-19(30)24(17-20-10-11-21-6-2-3-7-22(21)16-20)27-14-15-28(26(18-27)12-13-26)35(33,34)25-9-5-4-8-23(25)29(31)32/h2-11,16,24H,12-15,17-18H2,1H3/t24-/m0/s1. The predicted molar refractivity (Wildman–Crippen MR) is 133 cm³/mol. The summed E-state index contributed by atoms with van der Waals surface area (Å²) in [7, 11) is -4.06. The average Bonchev–Trinajstić information content (AvgIpc) is 3.60. The van der Waals surface area contributed by atoms with E-state index in [1.54, 1.807) is 6.92 Å². The predicted octanol–water partition coefficient (Wildman–Crippen LogP) is 3.79. The molecule has 1 saturated heterocycles. The maximum atomic E-state index is 13.5. The quantitative estimate of drug-likeness (QED) is 0.367. The molecule has 1 aliphatic carbocycles. The average molecular weight is 494 g/mol. The molecule has 9 heteroatoms. The second-order valence-corrected chi connectivity index (χ2v) is 11.3. The summed E-state index contributed by atoms with van der Waals surface area (Å²) in [6.45, 7) is 2.60. The normalized spacial score (nSPS) is 19.0. The molecule has 1 spiro atoms. The van der Waals surface area contributed by atoms with E-state index in [0.717, 1.165) is 16.3 Å². The second-order valence-electron chi connectivity index (χ2n) is 9.51. The summed E-state index contributed by atoms with van der Waals surface area (Å²) in [6, 6.07) is 19.4. The molecule has 1 saturated carbocycles. The molecule has 0 N–H and O–H groups in total. The number of nitro groups is 1. The Labute approximate surface area is 204 Å². The summed E-state index contributed by atoms with van der Waals surface area (Å²) < 4.78 is 28.5. The van der Waals surface area contributed by atoms with Crippen LogP contribution in [0.15, 0.2) is 71.6 Å². The van der Waals surface area contributed by atoms with Gasteiger partial charge in [0.05, 0.1) is 11.0 Å². The molecule has 0 aromatic heterocycles. The highest BCUT2D eigenvalue weighted by Gasteiger charge is 2.57. The minimum absolute atomic E-state index is 0.0453. The van der Waals surface area contributed by atoms with Crippen molar-refractivity contribution in [3.63, 3.8) is 0 Å². The second kappa shape index (κ2) is 8.82. The zero-order valence-corrected chi connectivity index (χ0v) is 20.3. The fourth-order valence-electron chi connectivity index (χ4n) is 5.25. The SMILES string of the molecule is CC(=O)[C@H](Cc1ccc2ccccc2c1)N1CCN(S(=O)(=O)c2ccccc2[N+](=O)[O-])C2(CC2)C1. The van der Waals surface area contributed by atoms with Crippen molar-refractivity contribution >= 4 is 32.3 Å². The molecule has 182 valence electrons. The Morgan fingerprint density at radius 2 is 1.71 bits per heavy atom. The molecule has 0 unspecified atom stereocenters. The van der Waals surface area contributed by atoms with Crippen LogP contribution in [0.5, 0.6) is 0 Å². The van der Waals surface area contributed by atoms with Crippen molar-refractivity contribution in [3.05, 3.63) is 82.4 Å². The third-order valence-electron chi connectivity index (χ3n) is 7.23. The van der Waals surface area contributed by atoms with Crippen molar-refractivity contribution in [1.29, 1.82) is 0 Å². The van der Waals surface area contributed by atoms with Crippen LogP contribution in [0.3, 0.4) is 0 Å². The molecule has 0 bridgehead atoms. The maximum absolute atomic E-state index is 13.5. The summed E-state index contributed by atoms with van der Waals surface area (Å²) in [4.78, 5) is 25.4. The minimum Gasteiger partial charge on any atom is -0.298 e.